The second kappa shape index (κ2) is 11.3. The van der Waals surface area contributed by atoms with Crippen molar-refractivity contribution < 1.29 is 17.9 Å². The summed E-state index contributed by atoms with van der Waals surface area (Å²) in [5, 5.41) is 4.74. The first-order valence-corrected chi connectivity index (χ1v) is 12.9. The number of hydrogen-bond acceptors (Lipinski definition) is 5. The zero-order valence-corrected chi connectivity index (χ0v) is 21.6. The number of aromatic nitrogens is 1. The molecule has 0 spiro atoms. The van der Waals surface area contributed by atoms with Crippen molar-refractivity contribution in [3.05, 3.63) is 54.1 Å². The Kier molecular flexibility index (Phi) is 9.23. The third kappa shape index (κ3) is 7.39. The van der Waals surface area contributed by atoms with Crippen molar-refractivity contribution in [2.75, 3.05) is 26.0 Å². The van der Waals surface area contributed by atoms with Crippen molar-refractivity contribution in [3.63, 3.8) is 0 Å². The Labute approximate surface area is 203 Å². The minimum absolute atomic E-state index is 0. The van der Waals surface area contributed by atoms with Crippen LogP contribution in [0.1, 0.15) is 33.3 Å². The van der Waals surface area contributed by atoms with Gasteiger partial charge in [0.05, 0.1) is 6.61 Å². The van der Waals surface area contributed by atoms with Gasteiger partial charge in [0.1, 0.15) is 11.6 Å². The predicted molar refractivity (Wildman–Crippen MR) is 137 cm³/mol. The van der Waals surface area contributed by atoms with E-state index in [1.807, 2.05) is 48.5 Å². The average Bonchev–Trinajstić information content (AvgIpc) is 3.09. The lowest BCUT2D eigenvalue weighted by Gasteiger charge is -2.27. The molecule has 0 unspecified atom stereocenters. The quantitative estimate of drug-likeness (QED) is 0.366. The second-order valence-electron chi connectivity index (χ2n) is 9.24. The molecule has 1 heterocycles. The molecule has 0 aliphatic heterocycles. The second-order valence-corrected chi connectivity index (χ2v) is 11.2. The third-order valence-electron chi connectivity index (χ3n) is 5.15. The number of H-pyrrole nitrogens is 1. The van der Waals surface area contributed by atoms with E-state index in [2.05, 4.69) is 38.0 Å². The van der Waals surface area contributed by atoms with Crippen LogP contribution >= 0.6 is 12.4 Å². The summed E-state index contributed by atoms with van der Waals surface area (Å²) in [6.45, 7) is 10.1. The molecular formula is C25H35ClN2O4S. The normalized spacial score (nSPS) is 12.1. The number of hydrogen-bond donors (Lipinski definition) is 2. The maximum absolute atomic E-state index is 12.4. The van der Waals surface area contributed by atoms with E-state index in [1.54, 1.807) is 0 Å². The molecule has 0 aliphatic rings. The first kappa shape index (κ1) is 27.0. The first-order chi connectivity index (χ1) is 15.1. The highest BCUT2D eigenvalue weighted by atomic mass is 35.5. The Morgan fingerprint density at radius 1 is 1.00 bits per heavy atom. The standard InChI is InChI=1S/C25H34N2O4S.ClH/c1-18(2)17-31-23-13-9-8-12-22(23)30-15-14-26-25(3,4)16-20-19-10-6-7-11-21(19)27-24(20)32(5,28)29;/h6-13,18,26-27H,14-17H2,1-5H3;1H. The zero-order chi connectivity index (χ0) is 23.4. The molecule has 6 nitrogen and oxygen atoms in total. The van der Waals surface area contributed by atoms with Crippen molar-refractivity contribution in [2.24, 2.45) is 5.92 Å². The van der Waals surface area contributed by atoms with E-state index in [0.717, 1.165) is 28.0 Å². The van der Waals surface area contributed by atoms with Gasteiger partial charge in [0, 0.05) is 29.2 Å². The number of aromatic amines is 1. The van der Waals surface area contributed by atoms with E-state index in [0.29, 0.717) is 37.1 Å². The highest BCUT2D eigenvalue weighted by Crippen LogP contribution is 2.29. The van der Waals surface area contributed by atoms with Gasteiger partial charge in [0.25, 0.3) is 0 Å². The Hall–Kier alpha value is -2.22. The van der Waals surface area contributed by atoms with Gasteiger partial charge in [-0.05, 0) is 49.9 Å². The van der Waals surface area contributed by atoms with Crippen LogP contribution in [0, 0.1) is 5.92 Å². The molecule has 0 atom stereocenters. The van der Waals surface area contributed by atoms with Crippen molar-refractivity contribution in [3.8, 4) is 11.5 Å². The maximum Gasteiger partial charge on any atom is 0.191 e. The summed E-state index contributed by atoms with van der Waals surface area (Å²) in [6.07, 6.45) is 1.81. The highest BCUT2D eigenvalue weighted by molar-refractivity contribution is 7.90. The summed E-state index contributed by atoms with van der Waals surface area (Å²) in [7, 11) is -3.37. The molecule has 8 heteroatoms. The smallest absolute Gasteiger partial charge is 0.191 e. The summed E-state index contributed by atoms with van der Waals surface area (Å²) in [5.74, 6) is 1.91. The van der Waals surface area contributed by atoms with Crippen LogP contribution in [0.5, 0.6) is 11.5 Å². The van der Waals surface area contributed by atoms with E-state index in [1.165, 1.54) is 6.26 Å². The Bertz CT molecular complexity index is 1160. The molecule has 3 aromatic rings. The number of rotatable bonds is 11. The van der Waals surface area contributed by atoms with Gasteiger partial charge in [-0.1, -0.05) is 44.2 Å². The zero-order valence-electron chi connectivity index (χ0n) is 20.0. The lowest BCUT2D eigenvalue weighted by Crippen LogP contribution is -2.43. The van der Waals surface area contributed by atoms with Crippen LogP contribution in [0.3, 0.4) is 0 Å². The van der Waals surface area contributed by atoms with Gasteiger partial charge in [-0.25, -0.2) is 8.42 Å². The van der Waals surface area contributed by atoms with Gasteiger partial charge >= 0.3 is 0 Å². The van der Waals surface area contributed by atoms with Crippen molar-refractivity contribution in [2.45, 2.75) is 44.7 Å². The fourth-order valence-electron chi connectivity index (χ4n) is 3.67. The lowest BCUT2D eigenvalue weighted by atomic mass is 9.94. The van der Waals surface area contributed by atoms with Crippen LogP contribution in [0.15, 0.2) is 53.6 Å². The SMILES string of the molecule is CC(C)COc1ccccc1OCCNC(C)(C)Cc1c(S(C)(=O)=O)[nH]c2ccccc12.Cl. The van der Waals surface area contributed by atoms with Gasteiger partial charge in [-0.2, -0.15) is 0 Å². The van der Waals surface area contributed by atoms with Crippen LogP contribution in [-0.2, 0) is 16.3 Å². The molecule has 3 rings (SSSR count). The van der Waals surface area contributed by atoms with Crippen molar-refractivity contribution in [1.29, 1.82) is 0 Å². The Morgan fingerprint density at radius 3 is 2.24 bits per heavy atom. The van der Waals surface area contributed by atoms with Crippen molar-refractivity contribution >= 4 is 33.1 Å². The minimum Gasteiger partial charge on any atom is -0.489 e. The number of halogens is 1. The monoisotopic (exact) mass is 494 g/mol. The largest absolute Gasteiger partial charge is 0.489 e. The van der Waals surface area contributed by atoms with Crippen LogP contribution in [0.2, 0.25) is 0 Å². The van der Waals surface area contributed by atoms with E-state index in [4.69, 9.17) is 9.47 Å². The highest BCUT2D eigenvalue weighted by Gasteiger charge is 2.26. The van der Waals surface area contributed by atoms with Gasteiger partial charge in [-0.3, -0.25) is 0 Å². The molecule has 0 amide bonds. The van der Waals surface area contributed by atoms with E-state index >= 15 is 0 Å². The molecule has 1 aromatic heterocycles. The van der Waals surface area contributed by atoms with Gasteiger partial charge in [0.2, 0.25) is 0 Å². The molecule has 0 bridgehead atoms. The van der Waals surface area contributed by atoms with Crippen LogP contribution in [-0.4, -0.2) is 45.0 Å². The Morgan fingerprint density at radius 2 is 1.61 bits per heavy atom. The van der Waals surface area contributed by atoms with Gasteiger partial charge < -0.3 is 19.8 Å². The van der Waals surface area contributed by atoms with Crippen molar-refractivity contribution in [1.82, 2.24) is 10.3 Å². The van der Waals surface area contributed by atoms with Gasteiger partial charge in [0.15, 0.2) is 21.3 Å². The summed E-state index contributed by atoms with van der Waals surface area (Å²) in [5.41, 5.74) is 1.32. The molecule has 0 radical (unpaired) electrons. The maximum atomic E-state index is 12.4. The predicted octanol–water partition coefficient (Wildman–Crippen LogP) is 5.02. The molecule has 2 aromatic carbocycles. The van der Waals surface area contributed by atoms with E-state index < -0.39 is 9.84 Å². The van der Waals surface area contributed by atoms with Crippen LogP contribution in [0.25, 0.3) is 10.9 Å². The molecule has 0 aliphatic carbocycles. The fraction of sp³-hybridized carbons (Fsp3) is 0.440. The Balaban J connectivity index is 0.00000385. The van der Waals surface area contributed by atoms with Crippen LogP contribution in [0.4, 0.5) is 0 Å². The number of ether oxygens (including phenoxy) is 2. The topological polar surface area (TPSA) is 80.4 Å². The average molecular weight is 495 g/mol. The van der Waals surface area contributed by atoms with E-state index in [-0.39, 0.29) is 17.9 Å². The molecule has 0 saturated carbocycles. The first-order valence-electron chi connectivity index (χ1n) is 11.0. The summed E-state index contributed by atoms with van der Waals surface area (Å²) >= 11 is 0. The summed E-state index contributed by atoms with van der Waals surface area (Å²) in [4.78, 5) is 3.09. The molecule has 33 heavy (non-hydrogen) atoms. The summed E-state index contributed by atoms with van der Waals surface area (Å²) < 4.78 is 36.5. The fourth-order valence-corrected chi connectivity index (χ4v) is 4.59. The molecule has 182 valence electrons. The number of para-hydroxylation sites is 3. The third-order valence-corrected chi connectivity index (χ3v) is 6.24. The lowest BCUT2D eigenvalue weighted by molar-refractivity contribution is 0.237. The van der Waals surface area contributed by atoms with Crippen LogP contribution < -0.4 is 14.8 Å². The minimum atomic E-state index is -3.37. The molecule has 0 fully saturated rings. The number of benzene rings is 2. The summed E-state index contributed by atoms with van der Waals surface area (Å²) in [6, 6.07) is 15.4. The molecule has 0 saturated heterocycles. The van der Waals surface area contributed by atoms with Gasteiger partial charge in [-0.15, -0.1) is 12.4 Å². The number of sulfone groups is 1. The number of fused-ring (bicyclic) bond motifs is 1. The molecular weight excluding hydrogens is 460 g/mol. The van der Waals surface area contributed by atoms with E-state index in [9.17, 15) is 8.42 Å². The molecule has 2 N–H and O–H groups in total. The number of nitrogens with one attached hydrogen (secondary N) is 2.